The Hall–Kier alpha value is -2.95. The van der Waals surface area contributed by atoms with Crippen molar-refractivity contribution in [3.8, 4) is 5.75 Å². The number of carbonyl (C=O) groups excluding carboxylic acids is 1. The van der Waals surface area contributed by atoms with E-state index in [1.54, 1.807) is 18.3 Å². The van der Waals surface area contributed by atoms with Crippen molar-refractivity contribution in [1.82, 2.24) is 24.6 Å². The third-order valence-corrected chi connectivity index (χ3v) is 8.32. The highest BCUT2D eigenvalue weighted by atomic mass is 35.5. The zero-order valence-electron chi connectivity index (χ0n) is 22.9. The van der Waals surface area contributed by atoms with Gasteiger partial charge in [0.05, 0.1) is 30.7 Å². The number of benzene rings is 2. The minimum atomic E-state index is -0.382. The van der Waals surface area contributed by atoms with Gasteiger partial charge in [-0.15, -0.1) is 0 Å². The Morgan fingerprint density at radius 1 is 1.00 bits per heavy atom. The molecule has 1 atom stereocenters. The third-order valence-electron chi connectivity index (χ3n) is 8.07. The summed E-state index contributed by atoms with van der Waals surface area (Å²) in [4.78, 5) is 34.2. The van der Waals surface area contributed by atoms with E-state index in [1.807, 2.05) is 22.8 Å². The first-order valence-electron chi connectivity index (χ1n) is 14.0. The van der Waals surface area contributed by atoms with E-state index in [2.05, 4.69) is 33.1 Å². The Morgan fingerprint density at radius 2 is 1.75 bits per heavy atom. The second-order valence-electron chi connectivity index (χ2n) is 11.1. The summed E-state index contributed by atoms with van der Waals surface area (Å²) in [5, 5.41) is 4.09. The van der Waals surface area contributed by atoms with Crippen molar-refractivity contribution in [2.75, 3.05) is 66.1 Å². The lowest BCUT2D eigenvalue weighted by atomic mass is 10.0. The number of likely N-dealkylation sites (N-methyl/N-ethyl adjacent to an activating group) is 1. The Labute approximate surface area is 239 Å². The summed E-state index contributed by atoms with van der Waals surface area (Å²) in [5.41, 5.74) is 2.56. The molecule has 212 valence electrons. The van der Waals surface area contributed by atoms with Crippen LogP contribution in [0.5, 0.6) is 5.75 Å². The monoisotopic (exact) mass is 565 g/mol. The minimum Gasteiger partial charge on any atom is -0.485 e. The summed E-state index contributed by atoms with van der Waals surface area (Å²) in [6, 6.07) is 11.3. The Morgan fingerprint density at radius 3 is 2.50 bits per heavy atom. The van der Waals surface area contributed by atoms with Crippen molar-refractivity contribution in [2.24, 2.45) is 0 Å². The van der Waals surface area contributed by atoms with E-state index in [0.29, 0.717) is 43.3 Å². The molecule has 6 rings (SSSR count). The Bertz CT molecular complexity index is 1430. The van der Waals surface area contributed by atoms with Gasteiger partial charge >= 0.3 is 0 Å². The molecule has 3 aliphatic heterocycles. The van der Waals surface area contributed by atoms with Gasteiger partial charge in [0.2, 0.25) is 5.43 Å². The predicted octanol–water partition coefficient (Wildman–Crippen LogP) is 2.43. The second kappa shape index (κ2) is 11.9. The van der Waals surface area contributed by atoms with Crippen LogP contribution in [0.2, 0.25) is 5.02 Å². The Kier molecular flexibility index (Phi) is 8.09. The van der Waals surface area contributed by atoms with Crippen molar-refractivity contribution in [3.63, 3.8) is 0 Å². The molecule has 3 aliphatic rings. The van der Waals surface area contributed by atoms with Crippen LogP contribution in [0.4, 0.5) is 0 Å². The van der Waals surface area contributed by atoms with Gasteiger partial charge in [-0.2, -0.15) is 0 Å². The maximum atomic E-state index is 13.8. The number of pyridine rings is 1. The standard InChI is InChI=1S/C30H36ClN5O4/c1-33-6-8-34(9-7-33)18-24-19-36-20-26(30(38)32-16-21-2-4-23(31)5-3-21)29(37)25-14-22(15-27(40-24)28(25)36)17-35-10-12-39-13-11-35/h2-5,14-15,20,24H,6-13,16-19H2,1H3,(H,32,38). The molecular weight excluding hydrogens is 530 g/mol. The number of amides is 1. The molecule has 1 amide bonds. The summed E-state index contributed by atoms with van der Waals surface area (Å²) in [7, 11) is 2.15. The average molecular weight is 566 g/mol. The molecule has 0 bridgehead atoms. The van der Waals surface area contributed by atoms with E-state index in [0.717, 1.165) is 68.2 Å². The molecule has 1 unspecified atom stereocenters. The molecule has 2 saturated heterocycles. The number of nitrogens with zero attached hydrogens (tertiary/aromatic N) is 4. The topological polar surface area (TPSA) is 79.3 Å². The molecule has 10 heteroatoms. The zero-order chi connectivity index (χ0) is 27.6. The van der Waals surface area contributed by atoms with E-state index in [-0.39, 0.29) is 23.0 Å². The van der Waals surface area contributed by atoms with Crippen LogP contribution in [0.25, 0.3) is 10.9 Å². The number of nitrogens with one attached hydrogen (secondary N) is 1. The van der Waals surface area contributed by atoms with Crippen LogP contribution >= 0.6 is 11.6 Å². The van der Waals surface area contributed by atoms with Gasteiger partial charge in [0.15, 0.2) is 0 Å². The minimum absolute atomic E-state index is 0.0785. The van der Waals surface area contributed by atoms with E-state index in [4.69, 9.17) is 21.1 Å². The van der Waals surface area contributed by atoms with Gasteiger partial charge in [-0.1, -0.05) is 23.7 Å². The van der Waals surface area contributed by atoms with Gasteiger partial charge in [-0.05, 0) is 42.4 Å². The number of hydrogen-bond donors (Lipinski definition) is 1. The molecule has 1 aromatic heterocycles. The highest BCUT2D eigenvalue weighted by Crippen LogP contribution is 2.32. The molecule has 0 saturated carbocycles. The number of aromatic nitrogens is 1. The fourth-order valence-corrected chi connectivity index (χ4v) is 5.92. The van der Waals surface area contributed by atoms with Gasteiger partial charge in [0.1, 0.15) is 17.4 Å². The first-order chi connectivity index (χ1) is 19.4. The molecule has 2 aromatic carbocycles. The van der Waals surface area contributed by atoms with Gasteiger partial charge in [-0.25, -0.2) is 0 Å². The summed E-state index contributed by atoms with van der Waals surface area (Å²) >= 11 is 6.00. The van der Waals surface area contributed by atoms with Gasteiger partial charge in [0, 0.05) is 70.1 Å². The normalized spacial score (nSPS) is 20.4. The number of hydrogen-bond acceptors (Lipinski definition) is 7. The lowest BCUT2D eigenvalue weighted by molar-refractivity contribution is 0.0341. The second-order valence-corrected chi connectivity index (χ2v) is 11.5. The fourth-order valence-electron chi connectivity index (χ4n) is 5.79. The number of piperazine rings is 1. The van der Waals surface area contributed by atoms with E-state index in [9.17, 15) is 9.59 Å². The van der Waals surface area contributed by atoms with Crippen molar-refractivity contribution in [2.45, 2.75) is 25.7 Å². The molecule has 3 aromatic rings. The van der Waals surface area contributed by atoms with E-state index in [1.165, 1.54) is 0 Å². The van der Waals surface area contributed by atoms with Crippen molar-refractivity contribution < 1.29 is 14.3 Å². The van der Waals surface area contributed by atoms with Gasteiger partial charge < -0.3 is 24.3 Å². The molecule has 0 spiro atoms. The van der Waals surface area contributed by atoms with Crippen LogP contribution in [0.3, 0.4) is 0 Å². The van der Waals surface area contributed by atoms with Crippen molar-refractivity contribution in [1.29, 1.82) is 0 Å². The summed E-state index contributed by atoms with van der Waals surface area (Å²) in [6.45, 7) is 9.55. The average Bonchev–Trinajstić information content (AvgIpc) is 2.96. The lowest BCUT2D eigenvalue weighted by Gasteiger charge is -2.36. The van der Waals surface area contributed by atoms with Gasteiger partial charge in [-0.3, -0.25) is 19.4 Å². The highest BCUT2D eigenvalue weighted by Gasteiger charge is 2.28. The number of morpholine rings is 1. The van der Waals surface area contributed by atoms with E-state index < -0.39 is 0 Å². The van der Waals surface area contributed by atoms with E-state index >= 15 is 0 Å². The maximum absolute atomic E-state index is 13.8. The summed E-state index contributed by atoms with van der Waals surface area (Å²) in [6.07, 6.45) is 1.64. The molecule has 4 heterocycles. The molecule has 0 radical (unpaired) electrons. The molecule has 40 heavy (non-hydrogen) atoms. The van der Waals surface area contributed by atoms with Crippen LogP contribution < -0.4 is 15.5 Å². The van der Waals surface area contributed by atoms with Crippen LogP contribution in [0, 0.1) is 0 Å². The quantitative estimate of drug-likeness (QED) is 0.471. The fraction of sp³-hybridized carbons (Fsp3) is 0.467. The maximum Gasteiger partial charge on any atom is 0.257 e. The number of rotatable bonds is 7. The van der Waals surface area contributed by atoms with Crippen molar-refractivity contribution >= 4 is 28.4 Å². The molecule has 1 N–H and O–H groups in total. The Balaban J connectivity index is 1.31. The third kappa shape index (κ3) is 6.04. The predicted molar refractivity (Wildman–Crippen MR) is 155 cm³/mol. The molecular formula is C30H36ClN5O4. The first kappa shape index (κ1) is 27.2. The first-order valence-corrected chi connectivity index (χ1v) is 14.4. The van der Waals surface area contributed by atoms with Crippen LogP contribution in [-0.2, 0) is 24.4 Å². The van der Waals surface area contributed by atoms with Crippen LogP contribution in [0.1, 0.15) is 21.5 Å². The highest BCUT2D eigenvalue weighted by molar-refractivity contribution is 6.30. The molecule has 0 aliphatic carbocycles. The smallest absolute Gasteiger partial charge is 0.257 e. The van der Waals surface area contributed by atoms with Crippen LogP contribution in [0.15, 0.2) is 47.4 Å². The lowest BCUT2D eigenvalue weighted by Crippen LogP contribution is -2.49. The van der Waals surface area contributed by atoms with Gasteiger partial charge in [0.25, 0.3) is 5.91 Å². The number of halogens is 1. The molecule has 9 nitrogen and oxygen atoms in total. The summed E-state index contributed by atoms with van der Waals surface area (Å²) in [5.74, 6) is 0.337. The summed E-state index contributed by atoms with van der Waals surface area (Å²) < 4.78 is 14.1. The van der Waals surface area contributed by atoms with Crippen molar-refractivity contribution in [3.05, 3.63) is 74.5 Å². The van der Waals surface area contributed by atoms with Crippen LogP contribution in [-0.4, -0.2) is 97.4 Å². The SMILES string of the molecule is CN1CCN(CC2Cn3cc(C(=O)NCc4ccc(Cl)cc4)c(=O)c4cc(CN5CCOCC5)cc(c43)O2)CC1. The zero-order valence-corrected chi connectivity index (χ0v) is 23.7. The number of ether oxygens (including phenoxy) is 2. The largest absolute Gasteiger partial charge is 0.485 e. The molecule has 2 fully saturated rings. The number of carbonyl (C=O) groups is 1.